The predicted octanol–water partition coefficient (Wildman–Crippen LogP) is 6.28. The van der Waals surface area contributed by atoms with E-state index in [-0.39, 0.29) is 5.91 Å². The van der Waals surface area contributed by atoms with Crippen molar-refractivity contribution in [2.24, 2.45) is 0 Å². The molecule has 6 rings (SSSR count). The molecule has 2 aliphatic rings. The zero-order valence-corrected chi connectivity index (χ0v) is 21.3. The molecule has 1 saturated heterocycles. The summed E-state index contributed by atoms with van der Waals surface area (Å²) >= 11 is 1.56. The number of piperidine rings is 1. The molecule has 0 radical (unpaired) electrons. The Balaban J connectivity index is 1.11. The van der Waals surface area contributed by atoms with Gasteiger partial charge in [0.05, 0.1) is 6.54 Å². The van der Waals surface area contributed by atoms with Crippen LogP contribution in [-0.2, 0) is 13.1 Å². The second kappa shape index (κ2) is 9.91. The van der Waals surface area contributed by atoms with E-state index >= 15 is 0 Å². The number of hydrogen-bond acceptors (Lipinski definition) is 6. The highest BCUT2D eigenvalue weighted by Crippen LogP contribution is 2.34. The van der Waals surface area contributed by atoms with Gasteiger partial charge in [-0.1, -0.05) is 36.8 Å². The summed E-state index contributed by atoms with van der Waals surface area (Å²) in [5.74, 6) is 0.804. The predicted molar refractivity (Wildman–Crippen MR) is 146 cm³/mol. The van der Waals surface area contributed by atoms with Crippen molar-refractivity contribution in [2.45, 2.75) is 45.3 Å². The smallest absolute Gasteiger partial charge is 0.257 e. The van der Waals surface area contributed by atoms with Gasteiger partial charge in [-0.3, -0.25) is 15.0 Å². The molecule has 3 heterocycles. The summed E-state index contributed by atoms with van der Waals surface area (Å²) in [7, 11) is 0. The maximum Gasteiger partial charge on any atom is 0.257 e. The topological polar surface area (TPSA) is 57.7 Å². The molecule has 0 aliphatic carbocycles. The molecule has 1 aromatic heterocycles. The van der Waals surface area contributed by atoms with Gasteiger partial charge in [0.15, 0.2) is 11.9 Å². The molecule has 3 aromatic carbocycles. The molecule has 1 fully saturated rings. The van der Waals surface area contributed by atoms with Crippen molar-refractivity contribution in [3.05, 3.63) is 82.9 Å². The van der Waals surface area contributed by atoms with Crippen molar-refractivity contribution in [3.8, 4) is 5.75 Å². The van der Waals surface area contributed by atoms with Crippen LogP contribution in [0.3, 0.4) is 0 Å². The van der Waals surface area contributed by atoms with Crippen LogP contribution in [0.4, 0.5) is 10.8 Å². The van der Waals surface area contributed by atoms with Gasteiger partial charge in [-0.2, -0.15) is 0 Å². The molecular formula is C29H30N4O2S. The first-order valence-corrected chi connectivity index (χ1v) is 13.4. The number of nitrogens with one attached hydrogen (secondary N) is 1. The van der Waals surface area contributed by atoms with E-state index in [0.29, 0.717) is 23.5 Å². The van der Waals surface area contributed by atoms with Gasteiger partial charge in [0, 0.05) is 40.5 Å². The number of anilines is 2. The van der Waals surface area contributed by atoms with E-state index in [2.05, 4.69) is 63.4 Å². The van der Waals surface area contributed by atoms with Crippen molar-refractivity contribution in [3.63, 3.8) is 0 Å². The number of hydrogen-bond donors (Lipinski definition) is 1. The number of benzene rings is 3. The van der Waals surface area contributed by atoms with E-state index in [4.69, 9.17) is 4.74 Å². The van der Waals surface area contributed by atoms with Crippen LogP contribution in [0, 0.1) is 0 Å². The fourth-order valence-electron chi connectivity index (χ4n) is 5.19. The SMILES string of the molecule is CC1CCCCN1Cc1cnc(NC(=O)c2ccc(N3COc4ccc5ccccc5c4C3)cc2)s1. The van der Waals surface area contributed by atoms with Gasteiger partial charge in [0.2, 0.25) is 0 Å². The Labute approximate surface area is 215 Å². The maximum atomic E-state index is 12.9. The summed E-state index contributed by atoms with van der Waals surface area (Å²) in [6, 6.07) is 20.9. The Bertz CT molecular complexity index is 1380. The van der Waals surface area contributed by atoms with Crippen LogP contribution in [0.1, 0.15) is 47.0 Å². The molecule has 7 heteroatoms. The number of aromatic nitrogens is 1. The van der Waals surface area contributed by atoms with Crippen molar-refractivity contribution in [2.75, 3.05) is 23.5 Å². The van der Waals surface area contributed by atoms with Gasteiger partial charge in [-0.15, -0.1) is 11.3 Å². The summed E-state index contributed by atoms with van der Waals surface area (Å²) in [4.78, 5) is 23.2. The number of fused-ring (bicyclic) bond motifs is 3. The molecule has 2 aliphatic heterocycles. The van der Waals surface area contributed by atoms with Gasteiger partial charge in [-0.25, -0.2) is 4.98 Å². The van der Waals surface area contributed by atoms with E-state index in [0.717, 1.165) is 31.1 Å². The number of rotatable bonds is 5. The largest absolute Gasteiger partial charge is 0.473 e. The standard InChI is InChI=1S/C29H30N4O2S/c1-20-6-4-5-15-32(20)17-24-16-30-29(36-24)31-28(34)22-9-12-23(13-10-22)33-18-26-25-8-3-2-7-21(25)11-14-27(26)35-19-33/h2-3,7-14,16,20H,4-6,15,17-19H2,1H3,(H,30,31,34). The average Bonchev–Trinajstić information content (AvgIpc) is 3.36. The Morgan fingerprint density at radius 1 is 1.11 bits per heavy atom. The van der Waals surface area contributed by atoms with Crippen molar-refractivity contribution in [1.82, 2.24) is 9.88 Å². The van der Waals surface area contributed by atoms with Crippen LogP contribution < -0.4 is 15.0 Å². The van der Waals surface area contributed by atoms with E-state index in [1.54, 1.807) is 11.3 Å². The number of thiazole rings is 1. The third-order valence-electron chi connectivity index (χ3n) is 7.29. The second-order valence-electron chi connectivity index (χ2n) is 9.68. The van der Waals surface area contributed by atoms with E-state index in [1.807, 2.05) is 30.5 Å². The highest BCUT2D eigenvalue weighted by molar-refractivity contribution is 7.15. The van der Waals surface area contributed by atoms with Crippen LogP contribution in [0.15, 0.2) is 66.9 Å². The minimum Gasteiger partial charge on any atom is -0.473 e. The molecule has 36 heavy (non-hydrogen) atoms. The van der Waals surface area contributed by atoms with Gasteiger partial charge in [-0.05, 0) is 67.4 Å². The minimum atomic E-state index is -0.139. The average molecular weight is 499 g/mol. The van der Waals surface area contributed by atoms with Crippen molar-refractivity contribution < 1.29 is 9.53 Å². The van der Waals surface area contributed by atoms with E-state index in [1.165, 1.54) is 40.5 Å². The summed E-state index contributed by atoms with van der Waals surface area (Å²) in [5.41, 5.74) is 2.83. The van der Waals surface area contributed by atoms with Crippen LogP contribution >= 0.6 is 11.3 Å². The first kappa shape index (κ1) is 23.0. The number of carbonyl (C=O) groups is 1. The fourth-order valence-corrected chi connectivity index (χ4v) is 6.02. The highest BCUT2D eigenvalue weighted by atomic mass is 32.1. The number of amides is 1. The van der Waals surface area contributed by atoms with Crippen LogP contribution in [0.2, 0.25) is 0 Å². The molecule has 6 nitrogen and oxygen atoms in total. The van der Waals surface area contributed by atoms with Gasteiger partial charge in [0.25, 0.3) is 5.91 Å². The maximum absolute atomic E-state index is 12.9. The highest BCUT2D eigenvalue weighted by Gasteiger charge is 2.21. The molecule has 0 saturated carbocycles. The molecule has 1 N–H and O–H groups in total. The van der Waals surface area contributed by atoms with Gasteiger partial charge < -0.3 is 9.64 Å². The first-order chi connectivity index (χ1) is 17.6. The molecule has 4 aromatic rings. The van der Waals surface area contributed by atoms with Gasteiger partial charge >= 0.3 is 0 Å². The summed E-state index contributed by atoms with van der Waals surface area (Å²) in [6.07, 6.45) is 5.72. The van der Waals surface area contributed by atoms with E-state index in [9.17, 15) is 4.79 Å². The van der Waals surface area contributed by atoms with Gasteiger partial charge in [0.1, 0.15) is 5.75 Å². The lowest BCUT2D eigenvalue weighted by atomic mass is 10.0. The number of likely N-dealkylation sites (tertiary alicyclic amines) is 1. The molecule has 184 valence electrons. The number of carbonyl (C=O) groups excluding carboxylic acids is 1. The van der Waals surface area contributed by atoms with E-state index < -0.39 is 0 Å². The number of nitrogens with zero attached hydrogens (tertiary/aromatic N) is 3. The molecule has 0 spiro atoms. The Morgan fingerprint density at radius 3 is 2.83 bits per heavy atom. The number of ether oxygens (including phenoxy) is 1. The fraction of sp³-hybridized carbons (Fsp3) is 0.310. The normalized spacial score (nSPS) is 18.0. The monoisotopic (exact) mass is 498 g/mol. The lowest BCUT2D eigenvalue weighted by Gasteiger charge is -2.32. The third kappa shape index (κ3) is 4.68. The Morgan fingerprint density at radius 2 is 1.97 bits per heavy atom. The second-order valence-corrected chi connectivity index (χ2v) is 10.8. The van der Waals surface area contributed by atoms with Crippen molar-refractivity contribution >= 4 is 38.8 Å². The summed E-state index contributed by atoms with van der Waals surface area (Å²) in [6.45, 7) is 5.58. The zero-order chi connectivity index (χ0) is 24.5. The lowest BCUT2D eigenvalue weighted by Crippen LogP contribution is -2.36. The van der Waals surface area contributed by atoms with Crippen LogP contribution in [0.5, 0.6) is 5.75 Å². The zero-order valence-electron chi connectivity index (χ0n) is 20.4. The third-order valence-corrected chi connectivity index (χ3v) is 8.19. The Kier molecular flexibility index (Phi) is 6.34. The van der Waals surface area contributed by atoms with Crippen LogP contribution in [-0.4, -0.2) is 35.1 Å². The lowest BCUT2D eigenvalue weighted by molar-refractivity contribution is 0.102. The Hall–Kier alpha value is -3.42. The van der Waals surface area contributed by atoms with Crippen LogP contribution in [0.25, 0.3) is 10.8 Å². The quantitative estimate of drug-likeness (QED) is 0.351. The molecular weight excluding hydrogens is 468 g/mol. The van der Waals surface area contributed by atoms with Crippen molar-refractivity contribution in [1.29, 1.82) is 0 Å². The molecule has 1 unspecified atom stereocenters. The molecule has 1 atom stereocenters. The summed E-state index contributed by atoms with van der Waals surface area (Å²) < 4.78 is 6.05. The summed E-state index contributed by atoms with van der Waals surface area (Å²) in [5, 5.41) is 6.05. The molecule has 1 amide bonds. The minimum absolute atomic E-state index is 0.139. The first-order valence-electron chi connectivity index (χ1n) is 12.6. The molecule has 0 bridgehead atoms.